The topological polar surface area (TPSA) is 287 Å². The van der Waals surface area contributed by atoms with Gasteiger partial charge in [-0.05, 0) is 32.1 Å². The number of rotatable bonds is 21. The van der Waals surface area contributed by atoms with Gasteiger partial charge in [0, 0.05) is 43.9 Å². The van der Waals surface area contributed by atoms with Crippen LogP contribution in [0.1, 0.15) is 64.7 Å². The Morgan fingerprint density at radius 2 is 1.45 bits per heavy atom. The zero-order valence-corrected chi connectivity index (χ0v) is 30.8. The second-order valence-electron chi connectivity index (χ2n) is 13.8. The number of hydrogen-bond acceptors (Lipinski definition) is 15. The number of hydrogen-bond donors (Lipinski definition) is 11. The van der Waals surface area contributed by atoms with Crippen LogP contribution in [0.5, 0.6) is 0 Å². The van der Waals surface area contributed by atoms with Crippen molar-refractivity contribution in [1.29, 1.82) is 0 Å². The molecular weight excluding hydrogens is 722 g/mol. The van der Waals surface area contributed by atoms with Gasteiger partial charge in [0.15, 0.2) is 12.6 Å². The quantitative estimate of drug-likeness (QED) is 0.0402. The number of aliphatic hydroxyl groups is 6. The first-order valence-electron chi connectivity index (χ1n) is 18.4. The average Bonchev–Trinajstić information content (AvgIpc) is 3.68. The lowest BCUT2D eigenvalue weighted by molar-refractivity contribution is -0.344. The second kappa shape index (κ2) is 21.6. The lowest BCUT2D eigenvalue weighted by atomic mass is 9.95. The summed E-state index contributed by atoms with van der Waals surface area (Å²) in [7, 11) is 0. The smallest absolute Gasteiger partial charge is 0.315 e. The highest BCUT2D eigenvalue weighted by Crippen LogP contribution is 2.33. The van der Waals surface area contributed by atoms with Gasteiger partial charge in [0.1, 0.15) is 48.8 Å². The van der Waals surface area contributed by atoms with Crippen LogP contribution in [0.4, 0.5) is 4.79 Å². The number of carbonyl (C=O) groups is 4. The first-order chi connectivity index (χ1) is 25.4. The van der Waals surface area contributed by atoms with E-state index in [0.29, 0.717) is 37.5 Å². The van der Waals surface area contributed by atoms with E-state index in [2.05, 4.69) is 26.6 Å². The number of thioether (sulfide) groups is 1. The van der Waals surface area contributed by atoms with E-state index in [4.69, 9.17) is 18.9 Å². The second-order valence-corrected chi connectivity index (χ2v) is 15.1. The molecular formula is C33H57N5O14S. The number of amides is 5. The SMILES string of the molecule is CC(=O)NC1C(OCCCNC(=O)CCCCCNC(=O)CCCC[C@@H]2SC[C@@H]3NC(=O)N[C@@H]32)OC(CO)C(O)C1OC1OC(CO)C(O)C(O)C1O. The highest BCUT2D eigenvalue weighted by molar-refractivity contribution is 8.00. The minimum Gasteiger partial charge on any atom is -0.394 e. The summed E-state index contributed by atoms with van der Waals surface area (Å²) in [5.41, 5.74) is 0. The van der Waals surface area contributed by atoms with Gasteiger partial charge in [-0.1, -0.05) is 12.8 Å². The van der Waals surface area contributed by atoms with Crippen LogP contribution in [-0.2, 0) is 33.3 Å². The van der Waals surface area contributed by atoms with Crippen molar-refractivity contribution in [1.82, 2.24) is 26.6 Å². The molecule has 0 saturated carbocycles. The fourth-order valence-corrected chi connectivity index (χ4v) is 8.40. The van der Waals surface area contributed by atoms with Gasteiger partial charge in [-0.2, -0.15) is 11.8 Å². The van der Waals surface area contributed by atoms with Crippen molar-refractivity contribution in [3.8, 4) is 0 Å². The molecule has 20 heteroatoms. The Kier molecular flexibility index (Phi) is 17.7. The summed E-state index contributed by atoms with van der Waals surface area (Å²) in [6, 6.07) is -0.891. The van der Waals surface area contributed by atoms with E-state index in [-0.39, 0.29) is 43.1 Å². The van der Waals surface area contributed by atoms with Crippen molar-refractivity contribution in [2.24, 2.45) is 0 Å². The van der Waals surface area contributed by atoms with E-state index in [9.17, 15) is 49.8 Å². The first-order valence-corrected chi connectivity index (χ1v) is 19.5. The predicted molar refractivity (Wildman–Crippen MR) is 187 cm³/mol. The normalized spacial score (nSPS) is 35.2. The number of aliphatic hydroxyl groups excluding tert-OH is 6. The molecule has 0 radical (unpaired) electrons. The summed E-state index contributed by atoms with van der Waals surface area (Å²) in [6.45, 7) is 0.704. The molecule has 0 aromatic rings. The summed E-state index contributed by atoms with van der Waals surface area (Å²) in [6.07, 6.45) is -7.51. The van der Waals surface area contributed by atoms with E-state index < -0.39 is 80.5 Å². The molecule has 0 aromatic carbocycles. The Hall–Kier alpha value is -2.37. The number of unbranched alkanes of at least 4 members (excludes halogenated alkanes) is 3. The van der Waals surface area contributed by atoms with E-state index in [1.807, 2.05) is 11.8 Å². The molecule has 5 amide bonds. The van der Waals surface area contributed by atoms with Crippen molar-refractivity contribution < 1.29 is 68.8 Å². The van der Waals surface area contributed by atoms with Crippen molar-refractivity contribution >= 4 is 35.5 Å². The Balaban J connectivity index is 1.08. The molecule has 4 fully saturated rings. The monoisotopic (exact) mass is 779 g/mol. The van der Waals surface area contributed by atoms with Crippen molar-refractivity contribution in [2.75, 3.05) is 38.7 Å². The van der Waals surface area contributed by atoms with Crippen LogP contribution in [-0.4, -0.2) is 172 Å². The lowest BCUT2D eigenvalue weighted by Gasteiger charge is -2.47. The summed E-state index contributed by atoms with van der Waals surface area (Å²) in [5.74, 6) is 0.251. The molecule has 4 heterocycles. The van der Waals surface area contributed by atoms with Gasteiger partial charge < -0.3 is 76.2 Å². The highest BCUT2D eigenvalue weighted by Gasteiger charge is 2.51. The number of urea groups is 1. The molecule has 4 aliphatic rings. The van der Waals surface area contributed by atoms with Crippen molar-refractivity contribution in [3.63, 3.8) is 0 Å². The number of nitrogens with one attached hydrogen (secondary N) is 5. The van der Waals surface area contributed by atoms with Crippen LogP contribution in [0.2, 0.25) is 0 Å². The van der Waals surface area contributed by atoms with E-state index in [1.165, 1.54) is 6.92 Å². The van der Waals surface area contributed by atoms with Crippen LogP contribution >= 0.6 is 11.8 Å². The fourth-order valence-electron chi connectivity index (χ4n) is 6.86. The largest absolute Gasteiger partial charge is 0.394 e. The van der Waals surface area contributed by atoms with Gasteiger partial charge in [0.25, 0.3) is 0 Å². The average molecular weight is 780 g/mol. The third-order valence-electron chi connectivity index (χ3n) is 9.77. The minimum atomic E-state index is -1.78. The van der Waals surface area contributed by atoms with Crippen LogP contribution < -0.4 is 26.6 Å². The summed E-state index contributed by atoms with van der Waals surface area (Å²) in [5, 5.41) is 75.6. The molecule has 4 rings (SSSR count). The summed E-state index contributed by atoms with van der Waals surface area (Å²) < 4.78 is 22.7. The van der Waals surface area contributed by atoms with Crippen LogP contribution in [0.25, 0.3) is 0 Å². The Bertz CT molecular complexity index is 1190. The van der Waals surface area contributed by atoms with Crippen molar-refractivity contribution in [2.45, 2.75) is 143 Å². The molecule has 10 unspecified atom stereocenters. The van der Waals surface area contributed by atoms with Gasteiger partial charge in [0.2, 0.25) is 17.7 Å². The Morgan fingerprint density at radius 3 is 2.13 bits per heavy atom. The molecule has 0 spiro atoms. The zero-order valence-electron chi connectivity index (χ0n) is 30.0. The van der Waals surface area contributed by atoms with Crippen LogP contribution in [0, 0.1) is 0 Å². The third kappa shape index (κ3) is 12.6. The molecule has 304 valence electrons. The lowest BCUT2D eigenvalue weighted by Crippen LogP contribution is -2.68. The van der Waals surface area contributed by atoms with Crippen LogP contribution in [0.15, 0.2) is 0 Å². The van der Waals surface area contributed by atoms with Crippen LogP contribution in [0.3, 0.4) is 0 Å². The highest BCUT2D eigenvalue weighted by atomic mass is 32.2. The number of fused-ring (bicyclic) bond motifs is 1. The van der Waals surface area contributed by atoms with E-state index in [1.54, 1.807) is 0 Å². The maximum Gasteiger partial charge on any atom is 0.315 e. The minimum absolute atomic E-state index is 0.0136. The third-order valence-corrected chi connectivity index (χ3v) is 11.3. The summed E-state index contributed by atoms with van der Waals surface area (Å²) in [4.78, 5) is 48.1. The van der Waals surface area contributed by atoms with E-state index >= 15 is 0 Å². The zero-order chi connectivity index (χ0) is 38.5. The van der Waals surface area contributed by atoms with Gasteiger partial charge in [-0.25, -0.2) is 4.79 Å². The van der Waals surface area contributed by atoms with Gasteiger partial charge in [-0.15, -0.1) is 0 Å². The molecule has 4 aliphatic heterocycles. The molecule has 0 aromatic heterocycles. The van der Waals surface area contributed by atoms with Crippen molar-refractivity contribution in [3.05, 3.63) is 0 Å². The maximum absolute atomic E-state index is 12.3. The van der Waals surface area contributed by atoms with E-state index in [0.717, 1.165) is 37.9 Å². The molecule has 11 N–H and O–H groups in total. The summed E-state index contributed by atoms with van der Waals surface area (Å²) >= 11 is 1.87. The van der Waals surface area contributed by atoms with Gasteiger partial charge in [0.05, 0.1) is 31.9 Å². The predicted octanol–water partition coefficient (Wildman–Crippen LogP) is -3.32. The molecule has 19 nitrogen and oxygen atoms in total. The molecule has 0 aliphatic carbocycles. The maximum atomic E-state index is 12.3. The Morgan fingerprint density at radius 1 is 0.811 bits per heavy atom. The Labute approximate surface area is 312 Å². The molecule has 0 bridgehead atoms. The first kappa shape index (κ1) is 43.4. The molecule has 4 saturated heterocycles. The van der Waals surface area contributed by atoms with Gasteiger partial charge >= 0.3 is 6.03 Å². The number of carbonyl (C=O) groups excluding carboxylic acids is 4. The molecule has 13 atom stereocenters. The number of ether oxygens (including phenoxy) is 4. The van der Waals surface area contributed by atoms with Gasteiger partial charge in [-0.3, -0.25) is 14.4 Å². The standard InChI is InChI=1S/C33H57N5O14S/c1-17(41)36-25-30(52-32-29(47)28(46)26(44)19(14-39)51-32)27(45)20(15-40)50-31(25)49-13-7-12-35-22(42)9-3-2-6-11-34-23(43)10-5-4-8-21-24-18(16-53-21)37-33(48)38-24/h18-21,24-32,39-40,44-47H,2-16H2,1H3,(H,34,43)(H,35,42)(H,36,41)(H2,37,38,48)/t18-,19?,20?,21-,24-,25?,26?,27?,28?,29?,30?,31?,32?/m0/s1. The molecule has 53 heavy (non-hydrogen) atoms. The fraction of sp³-hybridized carbons (Fsp3) is 0.879.